The molecule has 0 saturated heterocycles. The summed E-state index contributed by atoms with van der Waals surface area (Å²) in [7, 11) is 0. The van der Waals surface area contributed by atoms with Crippen molar-refractivity contribution in [2.45, 2.75) is 78.6 Å². The van der Waals surface area contributed by atoms with Gasteiger partial charge in [-0.1, -0.05) is 77.7 Å². The van der Waals surface area contributed by atoms with Gasteiger partial charge in [-0.05, 0) is 24.6 Å². The lowest BCUT2D eigenvalue weighted by Crippen LogP contribution is -2.15. The van der Waals surface area contributed by atoms with Crippen molar-refractivity contribution in [3.05, 3.63) is 23.8 Å². The molecule has 1 aliphatic rings. The summed E-state index contributed by atoms with van der Waals surface area (Å²) in [5, 5.41) is 0. The molecule has 0 amide bonds. The number of rotatable bonds is 8. The van der Waals surface area contributed by atoms with E-state index in [9.17, 15) is 0 Å². The SMILES string of the molecule is CCCCCCCCCCC.Cc1ccc2c(c1)OCCO2. The maximum atomic E-state index is 5.38. The van der Waals surface area contributed by atoms with Crippen molar-refractivity contribution in [2.24, 2.45) is 0 Å². The zero-order chi connectivity index (χ0) is 16.0. The summed E-state index contributed by atoms with van der Waals surface area (Å²) < 4.78 is 10.7. The average Bonchev–Trinajstić information content (AvgIpc) is 2.54. The number of ether oxygens (including phenoxy) is 2. The molecule has 2 nitrogen and oxygen atoms in total. The van der Waals surface area contributed by atoms with Gasteiger partial charge >= 0.3 is 0 Å². The summed E-state index contributed by atoms with van der Waals surface area (Å²) >= 11 is 0. The normalized spacial score (nSPS) is 12.5. The highest BCUT2D eigenvalue weighted by Crippen LogP contribution is 2.30. The smallest absolute Gasteiger partial charge is 0.161 e. The van der Waals surface area contributed by atoms with E-state index in [0.717, 1.165) is 11.5 Å². The molecule has 1 aromatic carbocycles. The second-order valence-corrected chi connectivity index (χ2v) is 6.12. The minimum Gasteiger partial charge on any atom is -0.486 e. The number of fused-ring (bicyclic) bond motifs is 1. The zero-order valence-corrected chi connectivity index (χ0v) is 14.8. The third-order valence-electron chi connectivity index (χ3n) is 3.90. The van der Waals surface area contributed by atoms with Gasteiger partial charge in [-0.25, -0.2) is 0 Å². The van der Waals surface area contributed by atoms with Crippen LogP contribution in [0.3, 0.4) is 0 Å². The van der Waals surface area contributed by atoms with E-state index in [2.05, 4.69) is 13.8 Å². The zero-order valence-electron chi connectivity index (χ0n) is 14.8. The van der Waals surface area contributed by atoms with Crippen LogP contribution < -0.4 is 9.47 Å². The number of unbranched alkanes of at least 4 members (excludes halogenated alkanes) is 8. The van der Waals surface area contributed by atoms with Crippen LogP contribution in [0.1, 0.15) is 77.2 Å². The van der Waals surface area contributed by atoms with E-state index >= 15 is 0 Å². The van der Waals surface area contributed by atoms with Gasteiger partial charge in [-0.2, -0.15) is 0 Å². The van der Waals surface area contributed by atoms with Crippen LogP contribution in [0.25, 0.3) is 0 Å². The highest BCUT2D eigenvalue weighted by Gasteiger charge is 2.09. The Bertz CT molecular complexity index is 379. The lowest BCUT2D eigenvalue weighted by atomic mass is 10.1. The first-order chi connectivity index (χ1) is 10.8. The summed E-state index contributed by atoms with van der Waals surface area (Å²) in [6, 6.07) is 5.96. The van der Waals surface area contributed by atoms with Crippen LogP contribution in [0.15, 0.2) is 18.2 Å². The lowest BCUT2D eigenvalue weighted by molar-refractivity contribution is 0.171. The summed E-state index contributed by atoms with van der Waals surface area (Å²) in [6.45, 7) is 7.92. The monoisotopic (exact) mass is 306 g/mol. The molecule has 22 heavy (non-hydrogen) atoms. The van der Waals surface area contributed by atoms with Gasteiger partial charge in [0.15, 0.2) is 11.5 Å². The predicted octanol–water partition coefficient (Wildman–Crippen LogP) is 6.30. The fraction of sp³-hybridized carbons (Fsp3) is 0.700. The van der Waals surface area contributed by atoms with Crippen molar-refractivity contribution >= 4 is 0 Å². The van der Waals surface area contributed by atoms with Crippen LogP contribution in [-0.2, 0) is 0 Å². The minimum atomic E-state index is 0.663. The Morgan fingerprint density at radius 3 is 1.77 bits per heavy atom. The quantitative estimate of drug-likeness (QED) is 0.524. The summed E-state index contributed by atoms with van der Waals surface area (Å²) in [4.78, 5) is 0. The molecule has 0 atom stereocenters. The van der Waals surface area contributed by atoms with Crippen LogP contribution in [0.5, 0.6) is 11.5 Å². The summed E-state index contributed by atoms with van der Waals surface area (Å²) in [5.41, 5.74) is 1.20. The highest BCUT2D eigenvalue weighted by atomic mass is 16.6. The molecule has 1 aliphatic heterocycles. The maximum absolute atomic E-state index is 5.38. The Morgan fingerprint density at radius 1 is 0.727 bits per heavy atom. The Kier molecular flexibility index (Phi) is 10.6. The van der Waals surface area contributed by atoms with Crippen LogP contribution in [0.4, 0.5) is 0 Å². The van der Waals surface area contributed by atoms with Crippen LogP contribution in [0.2, 0.25) is 0 Å². The molecule has 1 heterocycles. The molecule has 126 valence electrons. The fourth-order valence-corrected chi connectivity index (χ4v) is 2.53. The second-order valence-electron chi connectivity index (χ2n) is 6.12. The number of aryl methyl sites for hydroxylation is 1. The largest absolute Gasteiger partial charge is 0.486 e. The molecule has 0 spiro atoms. The first kappa shape index (κ1) is 18.9. The summed E-state index contributed by atoms with van der Waals surface area (Å²) in [6.07, 6.45) is 13.0. The van der Waals surface area contributed by atoms with Crippen LogP contribution >= 0.6 is 0 Å². The van der Waals surface area contributed by atoms with Crippen molar-refractivity contribution in [3.8, 4) is 11.5 Å². The van der Waals surface area contributed by atoms with Crippen molar-refractivity contribution < 1.29 is 9.47 Å². The number of hydrogen-bond donors (Lipinski definition) is 0. The molecule has 0 radical (unpaired) electrons. The maximum Gasteiger partial charge on any atom is 0.161 e. The standard InChI is InChI=1S/C11H24.C9H10O2/c1-3-5-7-9-11-10-8-6-4-2;1-7-2-3-8-9(6-7)11-5-4-10-8/h3-11H2,1-2H3;2-3,6H,4-5H2,1H3. The highest BCUT2D eigenvalue weighted by molar-refractivity contribution is 5.43. The summed E-state index contributed by atoms with van der Waals surface area (Å²) in [5.74, 6) is 1.73. The number of hydrogen-bond acceptors (Lipinski definition) is 2. The molecule has 2 rings (SSSR count). The molecular formula is C20H34O2. The fourth-order valence-electron chi connectivity index (χ4n) is 2.53. The van der Waals surface area contributed by atoms with Crippen molar-refractivity contribution in [3.63, 3.8) is 0 Å². The Hall–Kier alpha value is -1.18. The van der Waals surface area contributed by atoms with Gasteiger partial charge < -0.3 is 9.47 Å². The third-order valence-corrected chi connectivity index (χ3v) is 3.90. The van der Waals surface area contributed by atoms with Gasteiger partial charge in [-0.3, -0.25) is 0 Å². The molecule has 0 aromatic heterocycles. The van der Waals surface area contributed by atoms with Gasteiger partial charge in [0.1, 0.15) is 13.2 Å². The molecule has 0 unspecified atom stereocenters. The van der Waals surface area contributed by atoms with Crippen LogP contribution in [-0.4, -0.2) is 13.2 Å². The average molecular weight is 306 g/mol. The Labute approximate surface area is 137 Å². The van der Waals surface area contributed by atoms with Crippen molar-refractivity contribution in [1.29, 1.82) is 0 Å². The van der Waals surface area contributed by atoms with Gasteiger partial charge in [0, 0.05) is 0 Å². The van der Waals surface area contributed by atoms with E-state index in [4.69, 9.17) is 9.47 Å². The minimum absolute atomic E-state index is 0.663. The molecular weight excluding hydrogens is 272 g/mol. The Balaban J connectivity index is 0.000000220. The van der Waals surface area contributed by atoms with Gasteiger partial charge in [0.05, 0.1) is 0 Å². The van der Waals surface area contributed by atoms with E-state index in [0.29, 0.717) is 13.2 Å². The first-order valence-corrected chi connectivity index (χ1v) is 9.14. The van der Waals surface area contributed by atoms with E-state index in [1.165, 1.54) is 63.4 Å². The van der Waals surface area contributed by atoms with Gasteiger partial charge in [-0.15, -0.1) is 0 Å². The van der Waals surface area contributed by atoms with Crippen molar-refractivity contribution in [1.82, 2.24) is 0 Å². The van der Waals surface area contributed by atoms with Gasteiger partial charge in [0.25, 0.3) is 0 Å². The topological polar surface area (TPSA) is 18.5 Å². The third kappa shape index (κ3) is 8.31. The molecule has 1 aromatic rings. The lowest BCUT2D eigenvalue weighted by Gasteiger charge is -2.18. The molecule has 0 bridgehead atoms. The molecule has 0 N–H and O–H groups in total. The Morgan fingerprint density at radius 2 is 1.23 bits per heavy atom. The molecule has 0 saturated carbocycles. The molecule has 0 aliphatic carbocycles. The van der Waals surface area contributed by atoms with Crippen molar-refractivity contribution in [2.75, 3.05) is 13.2 Å². The molecule has 0 fully saturated rings. The van der Waals surface area contributed by atoms with Gasteiger partial charge in [0.2, 0.25) is 0 Å². The molecule has 2 heteroatoms. The van der Waals surface area contributed by atoms with E-state index in [1.807, 2.05) is 25.1 Å². The van der Waals surface area contributed by atoms with Crippen LogP contribution in [0, 0.1) is 6.92 Å². The predicted molar refractivity (Wildman–Crippen MR) is 95.1 cm³/mol. The second kappa shape index (κ2) is 12.4. The number of benzene rings is 1. The van der Waals surface area contributed by atoms with E-state index < -0.39 is 0 Å². The van der Waals surface area contributed by atoms with E-state index in [-0.39, 0.29) is 0 Å². The van der Waals surface area contributed by atoms with E-state index in [1.54, 1.807) is 0 Å². The first-order valence-electron chi connectivity index (χ1n) is 9.14.